The first-order valence-electron chi connectivity index (χ1n) is 9.22. The molecule has 6 nitrogen and oxygen atoms in total. The van der Waals surface area contributed by atoms with Crippen molar-refractivity contribution in [2.24, 2.45) is 0 Å². The Morgan fingerprint density at radius 3 is 2.37 bits per heavy atom. The quantitative estimate of drug-likeness (QED) is 0.587. The Labute approximate surface area is 161 Å². The molecule has 0 aliphatic rings. The number of hydrogen-bond donors (Lipinski definition) is 3. The van der Waals surface area contributed by atoms with Crippen LogP contribution in [0.3, 0.4) is 0 Å². The third-order valence-electron chi connectivity index (χ3n) is 4.13. The van der Waals surface area contributed by atoms with E-state index in [0.29, 0.717) is 12.3 Å². The number of nitrogens with zero attached hydrogens (tertiary/aromatic N) is 1. The molecule has 0 aliphatic heterocycles. The fourth-order valence-electron chi connectivity index (χ4n) is 2.45. The summed E-state index contributed by atoms with van der Waals surface area (Å²) in [6.45, 7) is 2.94. The van der Waals surface area contributed by atoms with Crippen molar-refractivity contribution in [2.45, 2.75) is 25.9 Å². The predicted molar refractivity (Wildman–Crippen MR) is 110 cm³/mol. The minimum atomic E-state index is -0.763. The lowest BCUT2D eigenvalue weighted by atomic mass is 10.1. The molecule has 2 aromatic rings. The van der Waals surface area contributed by atoms with Crippen molar-refractivity contribution in [3.05, 3.63) is 54.1 Å². The number of amides is 2. The van der Waals surface area contributed by atoms with Gasteiger partial charge < -0.3 is 25.4 Å². The van der Waals surface area contributed by atoms with Crippen molar-refractivity contribution in [2.75, 3.05) is 37.5 Å². The highest BCUT2D eigenvalue weighted by atomic mass is 16.5. The summed E-state index contributed by atoms with van der Waals surface area (Å²) in [5.41, 5.74) is 2.48. The first kappa shape index (κ1) is 20.6. The van der Waals surface area contributed by atoms with E-state index in [-0.39, 0.29) is 12.6 Å². The molecule has 0 unspecified atom stereocenters. The van der Waals surface area contributed by atoms with Gasteiger partial charge in [-0.25, -0.2) is 4.79 Å². The second-order valence-electron chi connectivity index (χ2n) is 6.56. The molecule has 146 valence electrons. The highest BCUT2D eigenvalue weighted by molar-refractivity contribution is 5.89. The zero-order valence-corrected chi connectivity index (χ0v) is 16.2. The lowest BCUT2D eigenvalue weighted by Crippen LogP contribution is -2.32. The highest BCUT2D eigenvalue weighted by Gasteiger charge is 2.10. The van der Waals surface area contributed by atoms with Crippen LogP contribution in [0.15, 0.2) is 48.5 Å². The van der Waals surface area contributed by atoms with E-state index in [1.165, 1.54) is 0 Å². The lowest BCUT2D eigenvalue weighted by molar-refractivity contribution is 0.175. The molecule has 0 spiro atoms. The van der Waals surface area contributed by atoms with Crippen LogP contribution < -0.4 is 20.3 Å². The second-order valence-corrected chi connectivity index (χ2v) is 6.56. The molecule has 2 amide bonds. The average molecular weight is 371 g/mol. The zero-order chi connectivity index (χ0) is 19.6. The molecule has 2 rings (SSSR count). The molecule has 0 fully saturated rings. The molecule has 0 bridgehead atoms. The maximum absolute atomic E-state index is 12.0. The van der Waals surface area contributed by atoms with Gasteiger partial charge in [0.2, 0.25) is 0 Å². The normalized spacial score (nSPS) is 11.6. The van der Waals surface area contributed by atoms with E-state index >= 15 is 0 Å². The van der Waals surface area contributed by atoms with Gasteiger partial charge in [-0.05, 0) is 48.4 Å². The van der Waals surface area contributed by atoms with Gasteiger partial charge in [-0.1, -0.05) is 25.5 Å². The van der Waals surface area contributed by atoms with Gasteiger partial charge in [0.05, 0.1) is 12.7 Å². The van der Waals surface area contributed by atoms with Crippen LogP contribution in [0.5, 0.6) is 5.75 Å². The zero-order valence-electron chi connectivity index (χ0n) is 16.2. The van der Waals surface area contributed by atoms with E-state index in [2.05, 4.69) is 17.6 Å². The van der Waals surface area contributed by atoms with Crippen LogP contribution in [0.2, 0.25) is 0 Å². The maximum Gasteiger partial charge on any atom is 0.319 e. The average Bonchev–Trinajstić information content (AvgIpc) is 2.67. The topological polar surface area (TPSA) is 73.8 Å². The van der Waals surface area contributed by atoms with Gasteiger partial charge in [0.25, 0.3) is 0 Å². The van der Waals surface area contributed by atoms with Crippen LogP contribution in [0.25, 0.3) is 0 Å². The molecule has 0 saturated carbocycles. The van der Waals surface area contributed by atoms with Gasteiger partial charge >= 0.3 is 6.03 Å². The van der Waals surface area contributed by atoms with E-state index in [4.69, 9.17) is 4.74 Å². The smallest absolute Gasteiger partial charge is 0.319 e. The Balaban J connectivity index is 1.78. The molecule has 0 saturated heterocycles. The van der Waals surface area contributed by atoms with Crippen molar-refractivity contribution in [3.8, 4) is 5.75 Å². The number of carbonyl (C=O) groups excluding carboxylic acids is 1. The Kier molecular flexibility index (Phi) is 7.95. The number of ether oxygens (including phenoxy) is 1. The molecule has 2 aromatic carbocycles. The van der Waals surface area contributed by atoms with Gasteiger partial charge in [0.15, 0.2) is 0 Å². The van der Waals surface area contributed by atoms with Crippen LogP contribution in [-0.2, 0) is 0 Å². The van der Waals surface area contributed by atoms with E-state index in [0.717, 1.165) is 29.8 Å². The van der Waals surface area contributed by atoms with Crippen molar-refractivity contribution < 1.29 is 14.6 Å². The van der Waals surface area contributed by atoms with Gasteiger partial charge in [-0.2, -0.15) is 0 Å². The Morgan fingerprint density at radius 1 is 1.11 bits per heavy atom. The molecule has 3 N–H and O–H groups in total. The van der Waals surface area contributed by atoms with Crippen molar-refractivity contribution in [3.63, 3.8) is 0 Å². The standard InChI is InChI=1S/C21H29N3O3/c1-4-5-14-27-19-12-8-17(9-13-19)23-21(26)22-15-20(25)16-6-10-18(11-7-16)24(2)3/h6-13,20,25H,4-5,14-15H2,1-3H3,(H2,22,23,26)/t20-/m1/s1. The molecule has 0 radical (unpaired) electrons. The van der Waals surface area contributed by atoms with Gasteiger partial charge in [-0.15, -0.1) is 0 Å². The number of nitrogens with one attached hydrogen (secondary N) is 2. The van der Waals surface area contributed by atoms with E-state index < -0.39 is 6.10 Å². The summed E-state index contributed by atoms with van der Waals surface area (Å²) in [7, 11) is 3.92. The second kappa shape index (κ2) is 10.4. The highest BCUT2D eigenvalue weighted by Crippen LogP contribution is 2.18. The monoisotopic (exact) mass is 371 g/mol. The molecule has 0 heterocycles. The molecule has 27 heavy (non-hydrogen) atoms. The summed E-state index contributed by atoms with van der Waals surface area (Å²) in [5, 5.41) is 15.7. The number of carbonyl (C=O) groups is 1. The van der Waals surface area contributed by atoms with Crippen LogP contribution in [0.1, 0.15) is 31.4 Å². The van der Waals surface area contributed by atoms with Gasteiger partial charge in [0.1, 0.15) is 5.75 Å². The fraction of sp³-hybridized carbons (Fsp3) is 0.381. The van der Waals surface area contributed by atoms with Crippen LogP contribution in [0.4, 0.5) is 16.2 Å². The maximum atomic E-state index is 12.0. The molecule has 6 heteroatoms. The number of urea groups is 1. The predicted octanol–water partition coefficient (Wildman–Crippen LogP) is 3.79. The Bertz CT molecular complexity index is 700. The number of unbranched alkanes of at least 4 members (excludes halogenated alkanes) is 1. The fourth-order valence-corrected chi connectivity index (χ4v) is 2.45. The van der Waals surface area contributed by atoms with Crippen LogP contribution >= 0.6 is 0 Å². The first-order chi connectivity index (χ1) is 13.0. The summed E-state index contributed by atoms with van der Waals surface area (Å²) in [6, 6.07) is 14.4. The largest absolute Gasteiger partial charge is 0.494 e. The summed E-state index contributed by atoms with van der Waals surface area (Å²) in [5.74, 6) is 0.783. The van der Waals surface area contributed by atoms with Gasteiger partial charge in [-0.3, -0.25) is 0 Å². The number of anilines is 2. The number of aliphatic hydroxyl groups is 1. The van der Waals surface area contributed by atoms with E-state index in [1.807, 2.05) is 55.4 Å². The summed E-state index contributed by atoms with van der Waals surface area (Å²) < 4.78 is 5.59. The molecule has 0 aliphatic carbocycles. The molecular weight excluding hydrogens is 342 g/mol. The van der Waals surface area contributed by atoms with Crippen molar-refractivity contribution >= 4 is 17.4 Å². The molecule has 0 aromatic heterocycles. The Morgan fingerprint density at radius 2 is 1.78 bits per heavy atom. The summed E-state index contributed by atoms with van der Waals surface area (Å²) in [6.07, 6.45) is 1.34. The lowest BCUT2D eigenvalue weighted by Gasteiger charge is -2.16. The molecule has 1 atom stereocenters. The van der Waals surface area contributed by atoms with Crippen LogP contribution in [-0.4, -0.2) is 38.4 Å². The van der Waals surface area contributed by atoms with Gasteiger partial charge in [0, 0.05) is 32.0 Å². The summed E-state index contributed by atoms with van der Waals surface area (Å²) in [4.78, 5) is 14.0. The third kappa shape index (κ3) is 6.83. The Hall–Kier alpha value is -2.73. The molecular formula is C21H29N3O3. The van der Waals surface area contributed by atoms with E-state index in [9.17, 15) is 9.90 Å². The number of aliphatic hydroxyl groups excluding tert-OH is 1. The van der Waals surface area contributed by atoms with Crippen LogP contribution in [0, 0.1) is 0 Å². The van der Waals surface area contributed by atoms with Crippen molar-refractivity contribution in [1.29, 1.82) is 0 Å². The first-order valence-corrected chi connectivity index (χ1v) is 9.22. The van der Waals surface area contributed by atoms with Crippen molar-refractivity contribution in [1.82, 2.24) is 5.32 Å². The SMILES string of the molecule is CCCCOc1ccc(NC(=O)NC[C@@H](O)c2ccc(N(C)C)cc2)cc1. The number of rotatable bonds is 9. The third-order valence-corrected chi connectivity index (χ3v) is 4.13. The van der Waals surface area contributed by atoms with E-state index in [1.54, 1.807) is 12.1 Å². The minimum Gasteiger partial charge on any atom is -0.494 e. The minimum absolute atomic E-state index is 0.130. The number of hydrogen-bond acceptors (Lipinski definition) is 4. The summed E-state index contributed by atoms with van der Waals surface area (Å²) >= 11 is 0. The number of benzene rings is 2.